The number of carbonyl (C=O) groups is 2. The monoisotopic (exact) mass is 311 g/mol. The van der Waals surface area contributed by atoms with E-state index in [1.807, 2.05) is 13.8 Å². The number of para-hydroxylation sites is 1. The third-order valence-corrected chi connectivity index (χ3v) is 2.89. The van der Waals surface area contributed by atoms with Gasteiger partial charge in [0.2, 0.25) is 5.91 Å². The Morgan fingerprint density at radius 3 is 2.59 bits per heavy atom. The maximum atomic E-state index is 13.3. The molecule has 0 aliphatic carbocycles. The molecule has 6 heteroatoms. The summed E-state index contributed by atoms with van der Waals surface area (Å²) in [6.07, 6.45) is 0.579. The minimum atomic E-state index is -1.03. The lowest BCUT2D eigenvalue weighted by atomic mass is 10.2. The van der Waals surface area contributed by atoms with Gasteiger partial charge in [-0.05, 0) is 24.5 Å². The second-order valence-electron chi connectivity index (χ2n) is 5.44. The summed E-state index contributed by atoms with van der Waals surface area (Å²) in [6.45, 7) is 4.15. The maximum absolute atomic E-state index is 13.3. The molecule has 0 spiro atoms. The lowest BCUT2D eigenvalue weighted by Crippen LogP contribution is -2.38. The molecule has 0 aliphatic rings. The number of amides is 1. The Balaban J connectivity index is 2.39. The van der Waals surface area contributed by atoms with Crippen LogP contribution in [0.4, 0.5) is 4.39 Å². The number of hydrogen-bond acceptors (Lipinski definition) is 3. The lowest BCUT2D eigenvalue weighted by molar-refractivity contribution is -0.144. The van der Waals surface area contributed by atoms with Crippen molar-refractivity contribution < 1.29 is 23.8 Å². The van der Waals surface area contributed by atoms with Gasteiger partial charge in [0.1, 0.15) is 6.54 Å². The van der Waals surface area contributed by atoms with Crippen LogP contribution >= 0.6 is 0 Å². The highest BCUT2D eigenvalue weighted by atomic mass is 19.1. The molecule has 1 amide bonds. The number of hydrogen-bond donors (Lipinski definition) is 1. The molecule has 1 aromatic carbocycles. The first-order chi connectivity index (χ1) is 10.4. The van der Waals surface area contributed by atoms with E-state index >= 15 is 0 Å². The second-order valence-corrected chi connectivity index (χ2v) is 5.44. The normalized spacial score (nSPS) is 10.5. The quantitative estimate of drug-likeness (QED) is 0.712. The van der Waals surface area contributed by atoms with Gasteiger partial charge in [-0.2, -0.15) is 0 Å². The van der Waals surface area contributed by atoms with Gasteiger partial charge in [0, 0.05) is 13.0 Å². The number of aliphatic carboxylic acids is 1. The summed E-state index contributed by atoms with van der Waals surface area (Å²) in [5, 5.41) is 8.84. The highest BCUT2D eigenvalue weighted by Crippen LogP contribution is 2.15. The average Bonchev–Trinajstić information content (AvgIpc) is 2.43. The van der Waals surface area contributed by atoms with Gasteiger partial charge < -0.3 is 14.7 Å². The number of halogens is 1. The van der Waals surface area contributed by atoms with Crippen molar-refractivity contribution in [3.05, 3.63) is 30.1 Å². The minimum Gasteiger partial charge on any atom is -0.491 e. The van der Waals surface area contributed by atoms with Crippen LogP contribution in [0.15, 0.2) is 24.3 Å². The molecule has 0 fully saturated rings. The first-order valence-electron chi connectivity index (χ1n) is 7.27. The van der Waals surface area contributed by atoms with E-state index in [4.69, 9.17) is 9.84 Å². The number of benzene rings is 1. The fourth-order valence-electron chi connectivity index (χ4n) is 1.98. The zero-order valence-corrected chi connectivity index (χ0v) is 12.9. The molecule has 0 aliphatic heterocycles. The molecule has 1 aromatic rings. The molecule has 22 heavy (non-hydrogen) atoms. The van der Waals surface area contributed by atoms with Crippen molar-refractivity contribution >= 4 is 11.9 Å². The Morgan fingerprint density at radius 1 is 1.32 bits per heavy atom. The Kier molecular flexibility index (Phi) is 7.36. The molecule has 1 N–H and O–H groups in total. The number of ether oxygens (including phenoxy) is 1. The first-order valence-corrected chi connectivity index (χ1v) is 7.27. The molecule has 0 radical (unpaired) electrons. The first kappa shape index (κ1) is 17.9. The molecule has 0 saturated carbocycles. The number of nitrogens with zero attached hydrogens (tertiary/aromatic N) is 1. The van der Waals surface area contributed by atoms with E-state index in [0.717, 1.165) is 0 Å². The van der Waals surface area contributed by atoms with Crippen LogP contribution in [0.25, 0.3) is 0 Å². The van der Waals surface area contributed by atoms with Gasteiger partial charge in [-0.15, -0.1) is 0 Å². The van der Waals surface area contributed by atoms with Gasteiger partial charge in [0.15, 0.2) is 11.6 Å². The predicted molar refractivity (Wildman–Crippen MR) is 80.2 cm³/mol. The summed E-state index contributed by atoms with van der Waals surface area (Å²) in [7, 11) is 0. The standard InChI is InChI=1S/C16H22FNO4/c1-12(2)10-18(11-16(20)21)15(19)8-5-9-22-14-7-4-3-6-13(14)17/h3-4,6-7,12H,5,8-11H2,1-2H3,(H,20,21). The topological polar surface area (TPSA) is 66.8 Å². The summed E-state index contributed by atoms with van der Waals surface area (Å²) >= 11 is 0. The van der Waals surface area contributed by atoms with Crippen LogP contribution in [-0.4, -0.2) is 41.6 Å². The average molecular weight is 311 g/mol. The Labute approximate surface area is 129 Å². The van der Waals surface area contributed by atoms with E-state index in [2.05, 4.69) is 0 Å². The van der Waals surface area contributed by atoms with Gasteiger partial charge in [-0.25, -0.2) is 4.39 Å². The van der Waals surface area contributed by atoms with E-state index < -0.39 is 11.8 Å². The molecule has 1 rings (SSSR count). The molecule has 0 heterocycles. The molecule has 0 atom stereocenters. The highest BCUT2D eigenvalue weighted by Gasteiger charge is 2.17. The van der Waals surface area contributed by atoms with Crippen molar-refractivity contribution in [1.29, 1.82) is 0 Å². The molecule has 0 saturated heterocycles. The van der Waals surface area contributed by atoms with Crippen LogP contribution in [0, 0.1) is 11.7 Å². The van der Waals surface area contributed by atoms with E-state index in [0.29, 0.717) is 13.0 Å². The summed E-state index contributed by atoms with van der Waals surface area (Å²) < 4.78 is 18.6. The van der Waals surface area contributed by atoms with Gasteiger partial charge in [-0.3, -0.25) is 9.59 Å². The summed E-state index contributed by atoms with van der Waals surface area (Å²) in [5.74, 6) is -1.36. The van der Waals surface area contributed by atoms with Crippen molar-refractivity contribution in [2.24, 2.45) is 5.92 Å². The Hall–Kier alpha value is -2.11. The fraction of sp³-hybridized carbons (Fsp3) is 0.500. The highest BCUT2D eigenvalue weighted by molar-refractivity contribution is 5.81. The van der Waals surface area contributed by atoms with Crippen LogP contribution < -0.4 is 4.74 Å². The van der Waals surface area contributed by atoms with Gasteiger partial charge in [-0.1, -0.05) is 26.0 Å². The maximum Gasteiger partial charge on any atom is 0.323 e. The zero-order chi connectivity index (χ0) is 16.5. The SMILES string of the molecule is CC(C)CN(CC(=O)O)C(=O)CCCOc1ccccc1F. The van der Waals surface area contributed by atoms with Gasteiger partial charge >= 0.3 is 5.97 Å². The van der Waals surface area contributed by atoms with Gasteiger partial charge in [0.25, 0.3) is 0 Å². The predicted octanol–water partition coefficient (Wildman–Crippen LogP) is 2.55. The summed E-state index contributed by atoms with van der Waals surface area (Å²) in [6, 6.07) is 6.06. The van der Waals surface area contributed by atoms with Crippen LogP contribution in [-0.2, 0) is 9.59 Å². The fourth-order valence-corrected chi connectivity index (χ4v) is 1.98. The van der Waals surface area contributed by atoms with E-state index in [9.17, 15) is 14.0 Å². The Morgan fingerprint density at radius 2 is 2.00 bits per heavy atom. The van der Waals surface area contributed by atoms with Gasteiger partial charge in [0.05, 0.1) is 6.61 Å². The van der Waals surface area contributed by atoms with E-state index in [1.54, 1.807) is 12.1 Å². The van der Waals surface area contributed by atoms with Crippen molar-refractivity contribution in [3.8, 4) is 5.75 Å². The van der Waals surface area contributed by atoms with Crippen LogP contribution in [0.5, 0.6) is 5.75 Å². The molecular formula is C16H22FNO4. The van der Waals surface area contributed by atoms with Crippen molar-refractivity contribution in [2.45, 2.75) is 26.7 Å². The third-order valence-electron chi connectivity index (χ3n) is 2.89. The molecule has 0 bridgehead atoms. The second kappa shape index (κ2) is 9.02. The molecule has 5 nitrogen and oxygen atoms in total. The molecule has 0 aromatic heterocycles. The van der Waals surface area contributed by atoms with Crippen molar-refractivity contribution in [2.75, 3.05) is 19.7 Å². The van der Waals surface area contributed by atoms with Crippen LogP contribution in [0.1, 0.15) is 26.7 Å². The zero-order valence-electron chi connectivity index (χ0n) is 12.9. The van der Waals surface area contributed by atoms with Crippen LogP contribution in [0.3, 0.4) is 0 Å². The summed E-state index contributed by atoms with van der Waals surface area (Å²) in [4.78, 5) is 24.1. The number of carboxylic acid groups (broad SMARTS) is 1. The van der Waals surface area contributed by atoms with Crippen LogP contribution in [0.2, 0.25) is 0 Å². The Bertz CT molecular complexity index is 505. The molecule has 0 unspecified atom stereocenters. The number of rotatable bonds is 9. The van der Waals surface area contributed by atoms with E-state index in [-0.39, 0.29) is 37.1 Å². The minimum absolute atomic E-state index is 0.152. The third kappa shape index (κ3) is 6.56. The molecular weight excluding hydrogens is 289 g/mol. The lowest BCUT2D eigenvalue weighted by Gasteiger charge is -2.22. The largest absolute Gasteiger partial charge is 0.491 e. The number of carboxylic acids is 1. The smallest absolute Gasteiger partial charge is 0.323 e. The molecule has 122 valence electrons. The number of carbonyl (C=O) groups excluding carboxylic acids is 1. The van der Waals surface area contributed by atoms with E-state index in [1.165, 1.54) is 17.0 Å². The van der Waals surface area contributed by atoms with Crippen molar-refractivity contribution in [3.63, 3.8) is 0 Å². The van der Waals surface area contributed by atoms with Crippen molar-refractivity contribution in [1.82, 2.24) is 4.90 Å². The summed E-state index contributed by atoms with van der Waals surface area (Å²) in [5.41, 5.74) is 0.